The molecule has 1 aromatic heterocycles. The van der Waals surface area contributed by atoms with Crippen LogP contribution in [0.2, 0.25) is 0 Å². The highest BCUT2D eigenvalue weighted by Crippen LogP contribution is 2.24. The molecule has 0 spiro atoms. The molecule has 0 fully saturated rings. The molecular formula is C19H26N2. The zero-order chi connectivity index (χ0) is 15.4. The second-order valence-electron chi connectivity index (χ2n) is 5.87. The van der Waals surface area contributed by atoms with E-state index >= 15 is 0 Å². The lowest BCUT2D eigenvalue weighted by atomic mass is 9.92. The zero-order valence-corrected chi connectivity index (χ0v) is 13.8. The Balaban J connectivity index is 2.35. The summed E-state index contributed by atoms with van der Waals surface area (Å²) in [7, 11) is 0. The number of nitrogens with zero attached hydrogens (tertiary/aromatic N) is 1. The third kappa shape index (κ3) is 3.92. The van der Waals surface area contributed by atoms with E-state index in [0.717, 1.165) is 24.4 Å². The van der Waals surface area contributed by atoms with Crippen LogP contribution in [0, 0.1) is 27.7 Å². The maximum atomic E-state index is 4.49. The summed E-state index contributed by atoms with van der Waals surface area (Å²) in [4.78, 5) is 4.49. The Morgan fingerprint density at radius 1 is 1.00 bits per heavy atom. The van der Waals surface area contributed by atoms with Crippen LogP contribution in [-0.2, 0) is 6.42 Å². The summed E-state index contributed by atoms with van der Waals surface area (Å²) in [6, 6.07) is 11.3. The molecule has 2 aromatic rings. The van der Waals surface area contributed by atoms with E-state index in [1.165, 1.54) is 22.3 Å². The molecule has 1 unspecified atom stereocenters. The molecule has 2 nitrogen and oxygen atoms in total. The van der Waals surface area contributed by atoms with E-state index in [-0.39, 0.29) is 0 Å². The van der Waals surface area contributed by atoms with Gasteiger partial charge in [0.25, 0.3) is 0 Å². The SMILES string of the molecule is CCNC(Cc1c(C)cccc1C)c1cc(C)nc(C)c1. The van der Waals surface area contributed by atoms with Gasteiger partial charge in [-0.15, -0.1) is 0 Å². The first kappa shape index (κ1) is 15.7. The van der Waals surface area contributed by atoms with Gasteiger partial charge in [-0.05, 0) is 75.0 Å². The van der Waals surface area contributed by atoms with Crippen LogP contribution < -0.4 is 5.32 Å². The van der Waals surface area contributed by atoms with Crippen LogP contribution in [-0.4, -0.2) is 11.5 Å². The second kappa shape index (κ2) is 6.86. The van der Waals surface area contributed by atoms with E-state index in [0.29, 0.717) is 6.04 Å². The van der Waals surface area contributed by atoms with Gasteiger partial charge in [0.2, 0.25) is 0 Å². The molecule has 21 heavy (non-hydrogen) atoms. The molecule has 0 saturated heterocycles. The fourth-order valence-electron chi connectivity index (χ4n) is 3.00. The number of nitrogens with one attached hydrogen (secondary N) is 1. The van der Waals surface area contributed by atoms with Crippen molar-refractivity contribution >= 4 is 0 Å². The first-order chi connectivity index (χ1) is 10.0. The van der Waals surface area contributed by atoms with Crippen LogP contribution in [0.5, 0.6) is 0 Å². The summed E-state index contributed by atoms with van der Waals surface area (Å²) >= 11 is 0. The summed E-state index contributed by atoms with van der Waals surface area (Å²) in [5.74, 6) is 0. The van der Waals surface area contributed by atoms with E-state index < -0.39 is 0 Å². The molecule has 1 heterocycles. The molecule has 1 N–H and O–H groups in total. The van der Waals surface area contributed by atoms with Crippen molar-refractivity contribution in [3.8, 4) is 0 Å². The van der Waals surface area contributed by atoms with Gasteiger partial charge in [0.15, 0.2) is 0 Å². The van der Waals surface area contributed by atoms with Gasteiger partial charge in [0.05, 0.1) is 0 Å². The molecule has 0 bridgehead atoms. The highest BCUT2D eigenvalue weighted by molar-refractivity contribution is 5.36. The van der Waals surface area contributed by atoms with Gasteiger partial charge in [0.1, 0.15) is 0 Å². The molecule has 112 valence electrons. The number of likely N-dealkylation sites (N-methyl/N-ethyl adjacent to an activating group) is 1. The molecule has 1 aromatic carbocycles. The standard InChI is InChI=1S/C19H26N2/c1-6-20-19(17-10-15(4)21-16(5)11-17)12-18-13(2)8-7-9-14(18)3/h7-11,19-20H,6,12H2,1-5H3. The Morgan fingerprint density at radius 3 is 2.10 bits per heavy atom. The van der Waals surface area contributed by atoms with Crippen molar-refractivity contribution in [2.24, 2.45) is 0 Å². The summed E-state index contributed by atoms with van der Waals surface area (Å²) in [5, 5.41) is 3.63. The zero-order valence-electron chi connectivity index (χ0n) is 13.8. The van der Waals surface area contributed by atoms with Crippen LogP contribution in [0.25, 0.3) is 0 Å². The first-order valence-corrected chi connectivity index (χ1v) is 7.75. The first-order valence-electron chi connectivity index (χ1n) is 7.75. The van der Waals surface area contributed by atoms with Crippen LogP contribution in [0.4, 0.5) is 0 Å². The molecule has 0 radical (unpaired) electrons. The van der Waals surface area contributed by atoms with Crippen molar-refractivity contribution in [3.63, 3.8) is 0 Å². The fourth-order valence-corrected chi connectivity index (χ4v) is 3.00. The van der Waals surface area contributed by atoms with E-state index in [1.807, 2.05) is 0 Å². The molecular weight excluding hydrogens is 256 g/mol. The van der Waals surface area contributed by atoms with Crippen molar-refractivity contribution < 1.29 is 0 Å². The molecule has 1 atom stereocenters. The van der Waals surface area contributed by atoms with Gasteiger partial charge in [-0.2, -0.15) is 0 Å². The minimum atomic E-state index is 0.343. The Morgan fingerprint density at radius 2 is 1.57 bits per heavy atom. The molecule has 0 aliphatic heterocycles. The van der Waals surface area contributed by atoms with Crippen LogP contribution >= 0.6 is 0 Å². The van der Waals surface area contributed by atoms with E-state index in [1.54, 1.807) is 0 Å². The largest absolute Gasteiger partial charge is 0.310 e. The lowest BCUT2D eigenvalue weighted by Crippen LogP contribution is -2.24. The number of aryl methyl sites for hydroxylation is 4. The van der Waals surface area contributed by atoms with Gasteiger partial charge in [-0.1, -0.05) is 25.1 Å². The molecule has 0 amide bonds. The van der Waals surface area contributed by atoms with E-state index in [9.17, 15) is 0 Å². The lowest BCUT2D eigenvalue weighted by molar-refractivity contribution is 0.546. The Labute approximate surface area is 128 Å². The highest BCUT2D eigenvalue weighted by Gasteiger charge is 2.15. The van der Waals surface area contributed by atoms with Crippen molar-refractivity contribution in [1.82, 2.24) is 10.3 Å². The molecule has 0 aliphatic carbocycles. The number of benzene rings is 1. The van der Waals surface area contributed by atoms with Crippen molar-refractivity contribution in [3.05, 3.63) is 64.0 Å². The van der Waals surface area contributed by atoms with Gasteiger partial charge in [-0.25, -0.2) is 0 Å². The maximum absolute atomic E-state index is 4.49. The number of rotatable bonds is 5. The van der Waals surface area contributed by atoms with Gasteiger partial charge in [0, 0.05) is 17.4 Å². The predicted octanol–water partition coefficient (Wildman–Crippen LogP) is 4.21. The van der Waals surface area contributed by atoms with Crippen LogP contribution in [0.15, 0.2) is 30.3 Å². The summed E-state index contributed by atoms with van der Waals surface area (Å²) < 4.78 is 0. The Bertz CT molecular complexity index is 576. The number of hydrogen-bond donors (Lipinski definition) is 1. The quantitative estimate of drug-likeness (QED) is 0.888. The summed E-state index contributed by atoms with van der Waals surface area (Å²) in [6.45, 7) is 11.7. The average Bonchev–Trinajstić information content (AvgIpc) is 2.40. The summed E-state index contributed by atoms with van der Waals surface area (Å²) in [6.07, 6.45) is 1.02. The number of aromatic nitrogens is 1. The van der Waals surface area contributed by atoms with E-state index in [2.05, 4.69) is 75.3 Å². The third-order valence-electron chi connectivity index (χ3n) is 4.01. The Kier molecular flexibility index (Phi) is 5.13. The predicted molar refractivity (Wildman–Crippen MR) is 89.7 cm³/mol. The molecule has 0 aliphatic rings. The second-order valence-corrected chi connectivity index (χ2v) is 5.87. The van der Waals surface area contributed by atoms with Gasteiger partial charge >= 0.3 is 0 Å². The maximum Gasteiger partial charge on any atom is 0.0379 e. The smallest absolute Gasteiger partial charge is 0.0379 e. The highest BCUT2D eigenvalue weighted by atomic mass is 14.9. The topological polar surface area (TPSA) is 24.9 Å². The van der Waals surface area contributed by atoms with Crippen molar-refractivity contribution in [2.75, 3.05) is 6.54 Å². The van der Waals surface area contributed by atoms with Crippen LogP contribution in [0.1, 0.15) is 46.6 Å². The lowest BCUT2D eigenvalue weighted by Gasteiger charge is -2.21. The van der Waals surface area contributed by atoms with E-state index in [4.69, 9.17) is 0 Å². The third-order valence-corrected chi connectivity index (χ3v) is 4.01. The fraction of sp³-hybridized carbons (Fsp3) is 0.421. The number of pyridine rings is 1. The normalized spacial score (nSPS) is 12.4. The van der Waals surface area contributed by atoms with Gasteiger partial charge in [-0.3, -0.25) is 4.98 Å². The molecule has 2 heteroatoms. The summed E-state index contributed by atoms with van der Waals surface area (Å²) in [5.41, 5.74) is 7.73. The van der Waals surface area contributed by atoms with Crippen molar-refractivity contribution in [2.45, 2.75) is 47.1 Å². The average molecular weight is 282 g/mol. The van der Waals surface area contributed by atoms with Crippen molar-refractivity contribution in [1.29, 1.82) is 0 Å². The molecule has 0 saturated carbocycles. The number of hydrogen-bond acceptors (Lipinski definition) is 2. The minimum absolute atomic E-state index is 0.343. The van der Waals surface area contributed by atoms with Gasteiger partial charge < -0.3 is 5.32 Å². The Hall–Kier alpha value is -1.67. The minimum Gasteiger partial charge on any atom is -0.310 e. The monoisotopic (exact) mass is 282 g/mol. The molecule has 2 rings (SSSR count). The van der Waals surface area contributed by atoms with Crippen LogP contribution in [0.3, 0.4) is 0 Å².